The summed E-state index contributed by atoms with van der Waals surface area (Å²) < 4.78 is 15.5. The number of benzene rings is 2. The van der Waals surface area contributed by atoms with Crippen LogP contribution in [-0.4, -0.2) is 14.6 Å². The summed E-state index contributed by atoms with van der Waals surface area (Å²) in [7, 11) is 0. The molecule has 2 heterocycles. The van der Waals surface area contributed by atoms with Crippen LogP contribution in [-0.2, 0) is 0 Å². The monoisotopic (exact) mass is 329 g/mol. The van der Waals surface area contributed by atoms with Gasteiger partial charge in [0.05, 0.1) is 11.3 Å². The summed E-state index contributed by atoms with van der Waals surface area (Å²) in [6.45, 7) is 0. The van der Waals surface area contributed by atoms with Crippen LogP contribution in [0.3, 0.4) is 0 Å². The molecule has 0 aliphatic heterocycles. The second-order valence-electron chi connectivity index (χ2n) is 5.41. The van der Waals surface area contributed by atoms with Gasteiger partial charge in [-0.3, -0.25) is 0 Å². The average Bonchev–Trinajstić information content (AvgIpc) is 3.05. The summed E-state index contributed by atoms with van der Waals surface area (Å²) >= 11 is 0. The van der Waals surface area contributed by atoms with Crippen molar-refractivity contribution in [2.24, 2.45) is 0 Å². The minimum Gasteiger partial charge on any atom is -0.323 e. The second kappa shape index (κ2) is 6.06. The molecule has 0 radical (unpaired) electrons. The van der Waals surface area contributed by atoms with Crippen LogP contribution in [0.25, 0.3) is 16.9 Å². The number of rotatable bonds is 3. The highest BCUT2D eigenvalue weighted by atomic mass is 19.1. The molecular formula is C19H12FN5. The van der Waals surface area contributed by atoms with Gasteiger partial charge in [-0.2, -0.15) is 10.2 Å². The summed E-state index contributed by atoms with van der Waals surface area (Å²) in [4.78, 5) is 4.42. The Hall–Kier alpha value is -3.72. The van der Waals surface area contributed by atoms with E-state index in [0.29, 0.717) is 17.3 Å². The number of halogens is 1. The first-order valence-electron chi connectivity index (χ1n) is 7.62. The van der Waals surface area contributed by atoms with Gasteiger partial charge in [0, 0.05) is 11.3 Å². The average molecular weight is 329 g/mol. The van der Waals surface area contributed by atoms with Gasteiger partial charge in [-0.15, -0.1) is 5.10 Å². The number of hydrogen-bond donors (Lipinski definition) is 1. The number of aromatic nitrogens is 3. The minimum atomic E-state index is -0.582. The molecule has 0 saturated carbocycles. The lowest BCUT2D eigenvalue weighted by Gasteiger charge is -2.03. The van der Waals surface area contributed by atoms with Crippen molar-refractivity contribution in [2.75, 3.05) is 5.32 Å². The molecule has 0 spiro atoms. The molecule has 25 heavy (non-hydrogen) atoms. The van der Waals surface area contributed by atoms with E-state index in [0.717, 1.165) is 11.3 Å². The number of nitrogens with one attached hydrogen (secondary N) is 1. The first kappa shape index (κ1) is 14.8. The molecule has 4 aromatic rings. The van der Waals surface area contributed by atoms with Crippen LogP contribution in [0.15, 0.2) is 66.7 Å². The maximum Gasteiger partial charge on any atom is 0.247 e. The number of pyridine rings is 1. The Morgan fingerprint density at radius 3 is 2.60 bits per heavy atom. The molecule has 0 bridgehead atoms. The maximum absolute atomic E-state index is 13.7. The molecule has 5 nitrogen and oxygen atoms in total. The maximum atomic E-state index is 13.7. The lowest BCUT2D eigenvalue weighted by atomic mass is 10.1. The summed E-state index contributed by atoms with van der Waals surface area (Å²) in [5.41, 5.74) is 3.09. The van der Waals surface area contributed by atoms with Gasteiger partial charge in [0.15, 0.2) is 5.65 Å². The third kappa shape index (κ3) is 2.79. The molecule has 0 fully saturated rings. The largest absolute Gasteiger partial charge is 0.323 e. The number of nitrogens with zero attached hydrogens (tertiary/aromatic N) is 4. The second-order valence-corrected chi connectivity index (χ2v) is 5.41. The molecule has 2 aromatic carbocycles. The Balaban J connectivity index is 1.73. The van der Waals surface area contributed by atoms with Crippen LogP contribution in [0, 0.1) is 17.1 Å². The lowest BCUT2D eigenvalue weighted by molar-refractivity contribution is 0.624. The van der Waals surface area contributed by atoms with Gasteiger partial charge < -0.3 is 5.32 Å². The Bertz CT molecular complexity index is 1100. The molecule has 0 atom stereocenters. The van der Waals surface area contributed by atoms with Crippen molar-refractivity contribution in [2.45, 2.75) is 0 Å². The van der Waals surface area contributed by atoms with Gasteiger partial charge in [0.1, 0.15) is 11.9 Å². The van der Waals surface area contributed by atoms with Crippen LogP contribution in [0.1, 0.15) is 5.56 Å². The number of hydrogen-bond acceptors (Lipinski definition) is 4. The van der Waals surface area contributed by atoms with Crippen molar-refractivity contribution >= 4 is 17.3 Å². The van der Waals surface area contributed by atoms with Crippen molar-refractivity contribution in [3.8, 4) is 17.3 Å². The van der Waals surface area contributed by atoms with Gasteiger partial charge >= 0.3 is 0 Å². The normalized spacial score (nSPS) is 10.6. The van der Waals surface area contributed by atoms with Gasteiger partial charge in [-0.05, 0) is 30.3 Å². The van der Waals surface area contributed by atoms with E-state index >= 15 is 0 Å². The Morgan fingerprint density at radius 1 is 1.00 bits per heavy atom. The van der Waals surface area contributed by atoms with Crippen LogP contribution in [0.2, 0.25) is 0 Å². The summed E-state index contributed by atoms with van der Waals surface area (Å²) in [6.07, 6.45) is 0. The van der Waals surface area contributed by atoms with E-state index < -0.39 is 5.82 Å². The predicted molar refractivity (Wildman–Crippen MR) is 92.8 cm³/mol. The highest BCUT2D eigenvalue weighted by Crippen LogP contribution is 2.22. The number of anilines is 2. The van der Waals surface area contributed by atoms with E-state index in [2.05, 4.69) is 15.4 Å². The number of nitriles is 1. The Morgan fingerprint density at radius 2 is 1.84 bits per heavy atom. The Labute approximate surface area is 143 Å². The third-order valence-corrected chi connectivity index (χ3v) is 3.77. The Kier molecular flexibility index (Phi) is 3.60. The molecule has 0 unspecified atom stereocenters. The van der Waals surface area contributed by atoms with Gasteiger partial charge in [0.25, 0.3) is 0 Å². The van der Waals surface area contributed by atoms with Crippen molar-refractivity contribution < 1.29 is 4.39 Å². The molecule has 1 N–H and O–H groups in total. The zero-order valence-corrected chi connectivity index (χ0v) is 13.0. The van der Waals surface area contributed by atoms with Crippen LogP contribution < -0.4 is 5.32 Å². The van der Waals surface area contributed by atoms with Crippen molar-refractivity contribution in [1.82, 2.24) is 14.6 Å². The highest BCUT2D eigenvalue weighted by molar-refractivity contribution is 5.64. The van der Waals surface area contributed by atoms with E-state index in [1.54, 1.807) is 16.7 Å². The SMILES string of the molecule is N#Cc1ccc(Nc2nc3cccc(-c4ccccc4)n3n2)cc1F. The van der Waals surface area contributed by atoms with Crippen molar-refractivity contribution in [3.63, 3.8) is 0 Å². The molecule has 0 aliphatic carbocycles. The van der Waals surface area contributed by atoms with E-state index in [1.165, 1.54) is 12.1 Å². The van der Waals surface area contributed by atoms with Crippen LogP contribution >= 0.6 is 0 Å². The van der Waals surface area contributed by atoms with Gasteiger partial charge in [-0.25, -0.2) is 8.91 Å². The standard InChI is InChI=1S/C19H12FN5/c20-16-11-15(10-9-14(16)12-21)22-19-23-18-8-4-7-17(25(18)24-19)13-5-2-1-3-6-13/h1-11H,(H,22,24). The fourth-order valence-electron chi connectivity index (χ4n) is 2.60. The fourth-order valence-corrected chi connectivity index (χ4v) is 2.60. The molecular weight excluding hydrogens is 317 g/mol. The van der Waals surface area contributed by atoms with Crippen LogP contribution in [0.4, 0.5) is 16.0 Å². The topological polar surface area (TPSA) is 66.0 Å². The molecule has 0 aliphatic rings. The van der Waals surface area contributed by atoms with E-state index in [9.17, 15) is 4.39 Å². The zero-order chi connectivity index (χ0) is 17.2. The smallest absolute Gasteiger partial charge is 0.247 e. The predicted octanol–water partition coefficient (Wildman–Crippen LogP) is 4.15. The van der Waals surface area contributed by atoms with Gasteiger partial charge in [-0.1, -0.05) is 36.4 Å². The molecule has 0 saturated heterocycles. The summed E-state index contributed by atoms with van der Waals surface area (Å²) in [5, 5.41) is 16.2. The molecule has 6 heteroatoms. The first-order chi connectivity index (χ1) is 12.2. The summed E-state index contributed by atoms with van der Waals surface area (Å²) in [6, 6.07) is 21.7. The quantitative estimate of drug-likeness (QED) is 0.613. The fraction of sp³-hybridized carbons (Fsp3) is 0. The molecule has 0 amide bonds. The molecule has 120 valence electrons. The minimum absolute atomic E-state index is 0.000116. The molecule has 4 rings (SSSR count). The zero-order valence-electron chi connectivity index (χ0n) is 13.0. The summed E-state index contributed by atoms with van der Waals surface area (Å²) in [5.74, 6) is -0.228. The first-order valence-corrected chi connectivity index (χ1v) is 7.62. The number of fused-ring (bicyclic) bond motifs is 1. The van der Waals surface area contributed by atoms with Crippen LogP contribution in [0.5, 0.6) is 0 Å². The van der Waals surface area contributed by atoms with Crippen molar-refractivity contribution in [1.29, 1.82) is 5.26 Å². The lowest BCUT2D eigenvalue weighted by Crippen LogP contribution is -1.96. The van der Waals surface area contributed by atoms with E-state index in [-0.39, 0.29) is 5.56 Å². The van der Waals surface area contributed by atoms with E-state index in [4.69, 9.17) is 5.26 Å². The van der Waals surface area contributed by atoms with E-state index in [1.807, 2.05) is 48.5 Å². The van der Waals surface area contributed by atoms with Crippen molar-refractivity contribution in [3.05, 3.63) is 78.1 Å². The highest BCUT2D eigenvalue weighted by Gasteiger charge is 2.10. The van der Waals surface area contributed by atoms with Gasteiger partial charge in [0.2, 0.25) is 5.95 Å². The molecule has 2 aromatic heterocycles. The third-order valence-electron chi connectivity index (χ3n) is 3.77.